The molecule has 0 unspecified atom stereocenters. The summed E-state index contributed by atoms with van der Waals surface area (Å²) in [5.41, 5.74) is 1.09. The monoisotopic (exact) mass is 459 g/mol. The number of carbonyl (C=O) groups is 1. The number of carbonyl (C=O) groups excluding carboxylic acids is 1. The van der Waals surface area contributed by atoms with Gasteiger partial charge in [-0.25, -0.2) is 8.42 Å². The molecule has 0 atom stereocenters. The quantitative estimate of drug-likeness (QED) is 0.587. The molecule has 0 spiro atoms. The Hall–Kier alpha value is -2.71. The molecule has 3 rings (SSSR count). The number of aromatic nitrogens is 1. The SMILES string of the molecule is O=C(CN(c1ccc(Br)cc1)S(=O)(=O)c1ccccc1)NCc1ccccn1. The van der Waals surface area contributed by atoms with Crippen molar-refractivity contribution in [2.24, 2.45) is 0 Å². The molecule has 0 fully saturated rings. The Kier molecular flexibility index (Phi) is 6.43. The predicted molar refractivity (Wildman–Crippen MR) is 111 cm³/mol. The van der Waals surface area contributed by atoms with Crippen LogP contribution in [0.3, 0.4) is 0 Å². The van der Waals surface area contributed by atoms with Gasteiger partial charge in [0, 0.05) is 10.7 Å². The minimum atomic E-state index is -3.90. The Labute approximate surface area is 172 Å². The fourth-order valence-electron chi connectivity index (χ4n) is 2.52. The lowest BCUT2D eigenvalue weighted by molar-refractivity contribution is -0.119. The maximum atomic E-state index is 13.1. The molecule has 1 amide bonds. The van der Waals surface area contributed by atoms with Crippen molar-refractivity contribution in [3.63, 3.8) is 0 Å². The molecule has 0 saturated carbocycles. The van der Waals surface area contributed by atoms with Crippen molar-refractivity contribution in [2.75, 3.05) is 10.8 Å². The lowest BCUT2D eigenvalue weighted by atomic mass is 10.3. The molecule has 1 N–H and O–H groups in total. The second-order valence-corrected chi connectivity index (χ2v) is 8.68. The van der Waals surface area contributed by atoms with E-state index in [1.807, 2.05) is 6.07 Å². The van der Waals surface area contributed by atoms with Crippen molar-refractivity contribution >= 4 is 37.5 Å². The molecule has 0 aliphatic heterocycles. The Balaban J connectivity index is 1.84. The highest BCUT2D eigenvalue weighted by atomic mass is 79.9. The molecule has 6 nitrogen and oxygen atoms in total. The van der Waals surface area contributed by atoms with Gasteiger partial charge in [0.05, 0.1) is 22.8 Å². The van der Waals surface area contributed by atoms with Gasteiger partial charge in [0.1, 0.15) is 6.54 Å². The molecule has 144 valence electrons. The van der Waals surface area contributed by atoms with Crippen LogP contribution >= 0.6 is 15.9 Å². The van der Waals surface area contributed by atoms with Crippen LogP contribution in [0.5, 0.6) is 0 Å². The number of anilines is 1. The zero-order valence-electron chi connectivity index (χ0n) is 14.8. The van der Waals surface area contributed by atoms with Crippen LogP contribution in [0.25, 0.3) is 0 Å². The van der Waals surface area contributed by atoms with E-state index < -0.39 is 15.9 Å². The topological polar surface area (TPSA) is 79.4 Å². The number of pyridine rings is 1. The molecule has 0 bridgehead atoms. The van der Waals surface area contributed by atoms with Crippen LogP contribution in [0.2, 0.25) is 0 Å². The molecule has 28 heavy (non-hydrogen) atoms. The van der Waals surface area contributed by atoms with E-state index in [2.05, 4.69) is 26.2 Å². The van der Waals surface area contributed by atoms with Gasteiger partial charge in [-0.2, -0.15) is 0 Å². The van der Waals surface area contributed by atoms with Gasteiger partial charge in [-0.15, -0.1) is 0 Å². The summed E-state index contributed by atoms with van der Waals surface area (Å²) in [5.74, 6) is -0.423. The average molecular weight is 460 g/mol. The standard InChI is InChI=1S/C20H18BrN3O3S/c21-16-9-11-18(12-10-16)24(28(26,27)19-7-2-1-3-8-19)15-20(25)23-14-17-6-4-5-13-22-17/h1-13H,14-15H2,(H,23,25). The summed E-state index contributed by atoms with van der Waals surface area (Å²) >= 11 is 3.34. The second-order valence-electron chi connectivity index (χ2n) is 5.90. The van der Waals surface area contributed by atoms with Crippen LogP contribution in [0.1, 0.15) is 5.69 Å². The normalized spacial score (nSPS) is 11.0. The van der Waals surface area contributed by atoms with Crippen molar-refractivity contribution in [2.45, 2.75) is 11.4 Å². The molecule has 0 aliphatic carbocycles. The van der Waals surface area contributed by atoms with Gasteiger partial charge >= 0.3 is 0 Å². The first-order chi connectivity index (χ1) is 13.5. The van der Waals surface area contributed by atoms with Gasteiger partial charge in [-0.05, 0) is 48.5 Å². The summed E-state index contributed by atoms with van der Waals surface area (Å²) in [6.45, 7) is -0.120. The summed E-state index contributed by atoms with van der Waals surface area (Å²) in [6, 6.07) is 20.2. The average Bonchev–Trinajstić information content (AvgIpc) is 2.72. The fraction of sp³-hybridized carbons (Fsp3) is 0.100. The van der Waals surface area contributed by atoms with Crippen LogP contribution in [0.4, 0.5) is 5.69 Å². The number of amides is 1. The molecule has 0 saturated heterocycles. The molecule has 1 aromatic heterocycles. The maximum Gasteiger partial charge on any atom is 0.264 e. The Bertz CT molecular complexity index is 1030. The van der Waals surface area contributed by atoms with Crippen molar-refractivity contribution < 1.29 is 13.2 Å². The molecule has 2 aromatic carbocycles. The van der Waals surface area contributed by atoms with Crippen molar-refractivity contribution in [3.05, 3.63) is 89.2 Å². The zero-order chi connectivity index (χ0) is 20.0. The predicted octanol–water partition coefficient (Wildman–Crippen LogP) is 3.36. The van der Waals surface area contributed by atoms with E-state index in [-0.39, 0.29) is 18.0 Å². The van der Waals surface area contributed by atoms with Gasteiger partial charge in [0.15, 0.2) is 0 Å². The van der Waals surface area contributed by atoms with Crippen LogP contribution in [0.15, 0.2) is 88.4 Å². The number of halogens is 1. The molecule has 0 aliphatic rings. The van der Waals surface area contributed by atoms with Gasteiger partial charge in [-0.3, -0.25) is 14.1 Å². The Morgan fingerprint density at radius 2 is 1.64 bits per heavy atom. The number of nitrogens with zero attached hydrogens (tertiary/aromatic N) is 2. The van der Waals surface area contributed by atoms with Crippen molar-refractivity contribution in [1.82, 2.24) is 10.3 Å². The van der Waals surface area contributed by atoms with Gasteiger partial charge in [0.25, 0.3) is 10.0 Å². The molecule has 3 aromatic rings. The van der Waals surface area contributed by atoms with Crippen molar-refractivity contribution in [3.8, 4) is 0 Å². The highest BCUT2D eigenvalue weighted by Gasteiger charge is 2.27. The molecule has 0 radical (unpaired) electrons. The van der Waals surface area contributed by atoms with E-state index in [0.717, 1.165) is 8.78 Å². The van der Waals surface area contributed by atoms with E-state index in [1.54, 1.807) is 60.8 Å². The van der Waals surface area contributed by atoms with Gasteiger partial charge in [0.2, 0.25) is 5.91 Å². The first-order valence-corrected chi connectivity index (χ1v) is 10.7. The molecule has 1 heterocycles. The van der Waals surface area contributed by atoms with E-state index >= 15 is 0 Å². The number of nitrogens with one attached hydrogen (secondary N) is 1. The third-order valence-corrected chi connectivity index (χ3v) is 6.24. The van der Waals surface area contributed by atoms with Crippen LogP contribution < -0.4 is 9.62 Å². The highest BCUT2D eigenvalue weighted by Crippen LogP contribution is 2.25. The molecule has 8 heteroatoms. The van der Waals surface area contributed by atoms with Gasteiger partial charge < -0.3 is 5.32 Å². The maximum absolute atomic E-state index is 13.1. The minimum Gasteiger partial charge on any atom is -0.349 e. The summed E-state index contributed by atoms with van der Waals surface area (Å²) in [7, 11) is -3.90. The van der Waals surface area contributed by atoms with E-state index in [0.29, 0.717) is 11.4 Å². The summed E-state index contributed by atoms with van der Waals surface area (Å²) < 4.78 is 28.2. The summed E-state index contributed by atoms with van der Waals surface area (Å²) in [5, 5.41) is 2.72. The zero-order valence-corrected chi connectivity index (χ0v) is 17.2. The molecular weight excluding hydrogens is 442 g/mol. The van der Waals surface area contributed by atoms with Crippen molar-refractivity contribution in [1.29, 1.82) is 0 Å². The number of hydrogen-bond donors (Lipinski definition) is 1. The summed E-state index contributed by atoms with van der Waals surface area (Å²) in [4.78, 5) is 16.8. The smallest absolute Gasteiger partial charge is 0.264 e. The van der Waals surface area contributed by atoms with E-state index in [9.17, 15) is 13.2 Å². The minimum absolute atomic E-state index is 0.121. The number of rotatable bonds is 7. The number of sulfonamides is 1. The Morgan fingerprint density at radius 3 is 2.29 bits per heavy atom. The third kappa shape index (κ3) is 4.96. The number of hydrogen-bond acceptors (Lipinski definition) is 4. The Morgan fingerprint density at radius 1 is 0.964 bits per heavy atom. The summed E-state index contributed by atoms with van der Waals surface area (Å²) in [6.07, 6.45) is 1.63. The van der Waals surface area contributed by atoms with Gasteiger partial charge in [-0.1, -0.05) is 40.2 Å². The van der Waals surface area contributed by atoms with Crippen LogP contribution in [0, 0.1) is 0 Å². The second kappa shape index (κ2) is 8.99. The first-order valence-electron chi connectivity index (χ1n) is 8.47. The number of benzene rings is 2. The third-order valence-electron chi connectivity index (χ3n) is 3.93. The fourth-order valence-corrected chi connectivity index (χ4v) is 4.23. The van der Waals surface area contributed by atoms with Crippen LogP contribution in [-0.2, 0) is 21.4 Å². The lowest BCUT2D eigenvalue weighted by Gasteiger charge is -2.24. The first kappa shape index (κ1) is 20.0. The van der Waals surface area contributed by atoms with E-state index in [1.165, 1.54) is 12.1 Å². The largest absolute Gasteiger partial charge is 0.349 e. The lowest BCUT2D eigenvalue weighted by Crippen LogP contribution is -2.40. The molecular formula is C20H18BrN3O3S. The van der Waals surface area contributed by atoms with E-state index in [4.69, 9.17) is 0 Å². The van der Waals surface area contributed by atoms with Crippen LogP contribution in [-0.4, -0.2) is 25.9 Å². The highest BCUT2D eigenvalue weighted by molar-refractivity contribution is 9.10.